The molecular weight excluding hydrogens is 1400 g/mol. The lowest BCUT2D eigenvalue weighted by Gasteiger charge is -2.17. The zero-order chi connectivity index (χ0) is 83.6. The zero-order valence-corrected chi connectivity index (χ0v) is 66.0. The van der Waals surface area contributed by atoms with Crippen LogP contribution in [-0.4, -0.2) is 50.9 Å². The standard InChI is InChI=1S/C53H4.C18H26O3.C18H26O2.C17H23FO2/c1-3-5-7-9-11-13-15-17-19-21-23-25-27-29-31-33-35-37-39-41-43-45-47-49-51-53-52-50-48-46-44-42-40-38-36-34-32-30-28-26-24-22-20-18-16-14-12-10-8-6-4-2;1-18(2,3)12-7-13-20-14-15-21-17(19)11-10-16-8-5-4-6-9-16;1-15-7-9-16(10-8-15)11-12-17(19)20-14-6-5-13-18(2,3)4;1-17(2,3)12-4-5-13-20-16(19)11-8-14-6-9-15(18)10-7-14/h1H,2H3;4-6,8-11H,7,12-15H2,1-3H3;7-12H,5-6,13-14H2,1-4H3;6-11H,4-5,12-13H2,1-3H3/b;11-10+;12-11+;11-8+. The molecule has 3 aromatic rings. The van der Waals surface area contributed by atoms with E-state index in [1.807, 2.05) is 61.5 Å². The van der Waals surface area contributed by atoms with Crippen LogP contribution in [0.15, 0.2) is 97.1 Å². The Bertz CT molecular complexity index is 5580. The number of ether oxygens (including phenoxy) is 4. The van der Waals surface area contributed by atoms with Gasteiger partial charge in [0.15, 0.2) is 0 Å². The molecule has 7 nitrogen and oxygen atoms in total. The molecule has 0 heterocycles. The predicted octanol–water partition coefficient (Wildman–Crippen LogP) is 14.2. The van der Waals surface area contributed by atoms with Gasteiger partial charge in [0.2, 0.25) is 0 Å². The van der Waals surface area contributed by atoms with Crippen LogP contribution in [0.2, 0.25) is 0 Å². The van der Waals surface area contributed by atoms with E-state index in [1.54, 1.807) is 37.3 Å². The van der Waals surface area contributed by atoms with Gasteiger partial charge in [-0.2, -0.15) is 0 Å². The zero-order valence-electron chi connectivity index (χ0n) is 66.0. The molecule has 0 aliphatic rings. The highest BCUT2D eigenvalue weighted by Crippen LogP contribution is 2.23. The lowest BCUT2D eigenvalue weighted by Crippen LogP contribution is -2.11. The number of aryl methyl sites for hydroxylation is 1. The Kier molecular flexibility index (Phi) is 59.8. The molecule has 0 saturated carbocycles. The third kappa shape index (κ3) is 76.9. The van der Waals surface area contributed by atoms with E-state index in [1.165, 1.54) is 35.9 Å². The fourth-order valence-corrected chi connectivity index (χ4v) is 6.89. The summed E-state index contributed by atoms with van der Waals surface area (Å²) in [6.45, 7) is 26.1. The van der Waals surface area contributed by atoms with E-state index in [-0.39, 0.29) is 23.7 Å². The van der Waals surface area contributed by atoms with Crippen LogP contribution in [0.1, 0.15) is 143 Å². The molecule has 0 atom stereocenters. The maximum Gasteiger partial charge on any atom is 0.330 e. The van der Waals surface area contributed by atoms with Crippen molar-refractivity contribution >= 4 is 36.1 Å². The van der Waals surface area contributed by atoms with Crippen LogP contribution in [0.4, 0.5) is 4.39 Å². The van der Waals surface area contributed by atoms with Crippen LogP contribution < -0.4 is 0 Å². The van der Waals surface area contributed by atoms with Gasteiger partial charge >= 0.3 is 17.9 Å². The number of esters is 3. The summed E-state index contributed by atoms with van der Waals surface area (Å²) in [7, 11) is 0. The van der Waals surface area contributed by atoms with E-state index < -0.39 is 0 Å². The fourth-order valence-electron chi connectivity index (χ4n) is 6.89. The molecule has 114 heavy (non-hydrogen) atoms. The minimum Gasteiger partial charge on any atom is -0.463 e. The van der Waals surface area contributed by atoms with E-state index in [4.69, 9.17) is 25.4 Å². The molecule has 0 aliphatic heterocycles. The Morgan fingerprint density at radius 3 is 0.825 bits per heavy atom. The minimum atomic E-state index is -0.356. The average molecular weight is 1480 g/mol. The van der Waals surface area contributed by atoms with Crippen molar-refractivity contribution in [2.24, 2.45) is 16.2 Å². The lowest BCUT2D eigenvalue weighted by atomic mass is 9.90. The molecule has 0 spiro atoms. The van der Waals surface area contributed by atoms with E-state index in [0.29, 0.717) is 49.3 Å². The first kappa shape index (κ1) is 97.7. The van der Waals surface area contributed by atoms with Crippen LogP contribution in [0, 0.1) is 337 Å². The Hall–Kier alpha value is -16.3. The van der Waals surface area contributed by atoms with Gasteiger partial charge in [-0.15, -0.1) is 6.42 Å². The molecule has 0 amide bonds. The monoisotopic (exact) mass is 1480 g/mol. The summed E-state index contributed by atoms with van der Waals surface area (Å²) >= 11 is 0. The van der Waals surface area contributed by atoms with Gasteiger partial charge in [-0.05, 0) is 223 Å². The number of rotatable bonds is 20. The first-order valence-corrected chi connectivity index (χ1v) is 35.0. The molecule has 0 N–H and O–H groups in total. The van der Waals surface area contributed by atoms with Gasteiger partial charge in [0.1, 0.15) is 12.4 Å². The van der Waals surface area contributed by atoms with Gasteiger partial charge in [-0.1, -0.05) is 141 Å². The van der Waals surface area contributed by atoms with E-state index in [2.05, 4.69) is 364 Å². The van der Waals surface area contributed by atoms with Gasteiger partial charge < -0.3 is 18.9 Å². The summed E-state index contributed by atoms with van der Waals surface area (Å²) in [6.07, 6.45) is 22.8. The van der Waals surface area contributed by atoms with Crippen molar-refractivity contribution < 1.29 is 37.7 Å². The normalized spacial score (nSPS) is 8.13. The van der Waals surface area contributed by atoms with Crippen LogP contribution in [0.3, 0.4) is 0 Å². The fraction of sp³-hybridized carbons (Fsp3) is 0.255. The summed E-state index contributed by atoms with van der Waals surface area (Å²) < 4.78 is 33.5. The second-order valence-electron chi connectivity index (χ2n) is 25.2. The topological polar surface area (TPSA) is 88.1 Å². The second-order valence-corrected chi connectivity index (χ2v) is 25.2. The average Bonchev–Trinajstić information content (AvgIpc) is 0.935. The van der Waals surface area contributed by atoms with Crippen molar-refractivity contribution in [2.75, 3.05) is 33.0 Å². The summed E-state index contributed by atoms with van der Waals surface area (Å²) in [5, 5.41) is 0. The highest BCUT2D eigenvalue weighted by atomic mass is 19.1. The highest BCUT2D eigenvalue weighted by molar-refractivity contribution is 5.88. The minimum absolute atomic E-state index is 0.263. The van der Waals surface area contributed by atoms with Crippen LogP contribution in [-0.2, 0) is 33.3 Å². The van der Waals surface area contributed by atoms with Crippen molar-refractivity contribution in [2.45, 2.75) is 128 Å². The third-order valence-electron chi connectivity index (χ3n) is 12.0. The lowest BCUT2D eigenvalue weighted by molar-refractivity contribution is -0.139. The van der Waals surface area contributed by atoms with E-state index in [9.17, 15) is 18.8 Å². The Morgan fingerprint density at radius 1 is 0.307 bits per heavy atom. The van der Waals surface area contributed by atoms with Crippen LogP contribution in [0.5, 0.6) is 0 Å². The second kappa shape index (κ2) is 69.8. The first-order valence-electron chi connectivity index (χ1n) is 35.0. The molecule has 0 aromatic heterocycles. The molecular formula is C106H79FO7. The van der Waals surface area contributed by atoms with E-state index >= 15 is 0 Å². The molecule has 3 rings (SSSR count). The molecule has 0 bridgehead atoms. The summed E-state index contributed by atoms with van der Waals surface area (Å²) in [5.41, 5.74) is 5.01. The van der Waals surface area contributed by atoms with Gasteiger partial charge in [0.05, 0.1) is 19.8 Å². The van der Waals surface area contributed by atoms with Crippen LogP contribution in [0.25, 0.3) is 18.2 Å². The van der Waals surface area contributed by atoms with Crippen molar-refractivity contribution in [3.8, 4) is 308 Å². The number of terminal acetylenes is 1. The smallest absolute Gasteiger partial charge is 0.330 e. The molecule has 0 unspecified atom stereocenters. The molecule has 552 valence electrons. The summed E-state index contributed by atoms with van der Waals surface area (Å²) in [4.78, 5) is 34.5. The van der Waals surface area contributed by atoms with Gasteiger partial charge in [0, 0.05) is 226 Å². The number of benzene rings is 3. The Balaban J connectivity index is 0.00000170. The number of carbonyl (C=O) groups is 3. The molecule has 0 fully saturated rings. The number of unbranched alkanes of at least 4 members (excludes halogenated alkanes) is 2. The summed E-state index contributed by atoms with van der Waals surface area (Å²) in [5.74, 6) is 126. The number of carbonyl (C=O) groups excluding carboxylic acids is 3. The van der Waals surface area contributed by atoms with Gasteiger partial charge in [0.25, 0.3) is 0 Å². The molecule has 0 saturated heterocycles. The third-order valence-corrected chi connectivity index (χ3v) is 12.0. The first-order chi connectivity index (χ1) is 55.1. The number of halogens is 1. The van der Waals surface area contributed by atoms with Crippen molar-refractivity contribution in [3.05, 3.63) is 125 Å². The maximum absolute atomic E-state index is 12.7. The van der Waals surface area contributed by atoms with Gasteiger partial charge in [-0.3, -0.25) is 0 Å². The molecule has 3 aromatic carbocycles. The highest BCUT2D eigenvalue weighted by Gasteiger charge is 2.11. The Labute approximate surface area is 680 Å². The largest absolute Gasteiger partial charge is 0.463 e. The molecule has 0 radical (unpaired) electrons. The van der Waals surface area contributed by atoms with E-state index in [0.717, 1.165) is 68.1 Å². The summed E-state index contributed by atoms with van der Waals surface area (Å²) in [6, 6.07) is 23.6. The van der Waals surface area contributed by atoms with Crippen molar-refractivity contribution in [3.63, 3.8) is 0 Å². The number of hydrogen-bond donors (Lipinski definition) is 0. The molecule has 8 heteroatoms. The quantitative estimate of drug-likeness (QED) is 0.0366. The SMILES string of the molecule is C#CC#CC#CC#CC#CC#CC#CC#CC#CC#CC#CC#CC#CC#CC#CC#CC#CC#CC#CC#CC#CC#CC#CC#CC#CC#CC.CC(C)(C)CCCCOC(=O)/C=C/c1ccc(F)cc1.CC(C)(C)CCCOCCOC(=O)/C=C/c1ccccc1.Cc1ccc(/C=C/C(=O)OCCCCC(C)(C)C)cc1. The maximum atomic E-state index is 12.7. The van der Waals surface area contributed by atoms with Crippen molar-refractivity contribution in [1.82, 2.24) is 0 Å². The van der Waals surface area contributed by atoms with Gasteiger partial charge in [-0.25, -0.2) is 18.8 Å². The van der Waals surface area contributed by atoms with Crippen LogP contribution >= 0.6 is 0 Å². The Morgan fingerprint density at radius 2 is 0.553 bits per heavy atom. The van der Waals surface area contributed by atoms with Crippen molar-refractivity contribution in [1.29, 1.82) is 0 Å². The predicted molar refractivity (Wildman–Crippen MR) is 459 cm³/mol. The molecule has 0 aliphatic carbocycles. The number of hydrogen-bond acceptors (Lipinski definition) is 7.